The molecule has 0 bridgehead atoms. The van der Waals surface area contributed by atoms with E-state index >= 15 is 0 Å². The summed E-state index contributed by atoms with van der Waals surface area (Å²) in [6, 6.07) is 12.3. The summed E-state index contributed by atoms with van der Waals surface area (Å²) in [4.78, 5) is 15.6. The first kappa shape index (κ1) is 13.3. The minimum absolute atomic E-state index is 0.192. The Kier molecular flexibility index (Phi) is 4.14. The zero-order chi connectivity index (χ0) is 13.8. The molecule has 4 heteroatoms. The molecule has 0 aliphatic carbocycles. The number of thiophene rings is 1. The van der Waals surface area contributed by atoms with E-state index in [1.54, 1.807) is 11.3 Å². The molecule has 1 N–H and O–H groups in total. The molecular weight excluding hydrogens is 268 g/mol. The van der Waals surface area contributed by atoms with Gasteiger partial charge in [0.05, 0.1) is 6.54 Å². The van der Waals surface area contributed by atoms with Gasteiger partial charge >= 0.3 is 0 Å². The molecule has 0 saturated carbocycles. The first-order chi connectivity index (χ1) is 9.83. The average molecular weight is 286 g/mol. The molecule has 2 heterocycles. The predicted octanol–water partition coefficient (Wildman–Crippen LogP) is 2.42. The second kappa shape index (κ2) is 6.20. The molecule has 20 heavy (non-hydrogen) atoms. The van der Waals surface area contributed by atoms with Gasteiger partial charge in [0.25, 0.3) is 0 Å². The maximum atomic E-state index is 12.2. The first-order valence-corrected chi connectivity index (χ1v) is 7.78. The van der Waals surface area contributed by atoms with Gasteiger partial charge in [-0.25, -0.2) is 0 Å². The third-order valence-corrected chi connectivity index (χ3v) is 4.63. The van der Waals surface area contributed by atoms with Crippen molar-refractivity contribution in [2.75, 3.05) is 13.1 Å². The highest BCUT2D eigenvalue weighted by molar-refractivity contribution is 7.10. The first-order valence-electron chi connectivity index (χ1n) is 6.90. The lowest BCUT2D eigenvalue weighted by atomic mass is 10.1. The molecule has 0 fully saturated rings. The highest BCUT2D eigenvalue weighted by atomic mass is 32.1. The van der Waals surface area contributed by atoms with Crippen LogP contribution in [0.2, 0.25) is 0 Å². The molecule has 1 aromatic heterocycles. The summed E-state index contributed by atoms with van der Waals surface area (Å²) in [6.45, 7) is 2.77. The van der Waals surface area contributed by atoms with Crippen LogP contribution in [0.15, 0.2) is 41.8 Å². The van der Waals surface area contributed by atoms with Crippen LogP contribution in [-0.2, 0) is 24.3 Å². The fourth-order valence-electron chi connectivity index (χ4n) is 2.48. The van der Waals surface area contributed by atoms with E-state index in [0.717, 1.165) is 26.1 Å². The number of carbonyl (C=O) groups excluding carboxylic acids is 1. The zero-order valence-corrected chi connectivity index (χ0v) is 12.2. The minimum Gasteiger partial charge on any atom is -0.337 e. The molecule has 0 radical (unpaired) electrons. The number of hydrogen-bond donors (Lipinski definition) is 1. The van der Waals surface area contributed by atoms with Crippen LogP contribution >= 0.6 is 11.3 Å². The number of benzene rings is 1. The lowest BCUT2D eigenvalue weighted by molar-refractivity contribution is -0.131. The number of carbonyl (C=O) groups is 1. The number of fused-ring (bicyclic) bond motifs is 1. The summed E-state index contributed by atoms with van der Waals surface area (Å²) in [5.74, 6) is 0.192. The van der Waals surface area contributed by atoms with E-state index in [1.165, 1.54) is 16.0 Å². The van der Waals surface area contributed by atoms with Crippen LogP contribution in [0.25, 0.3) is 0 Å². The monoisotopic (exact) mass is 286 g/mol. The molecule has 1 aromatic carbocycles. The van der Waals surface area contributed by atoms with Crippen molar-refractivity contribution in [1.29, 1.82) is 0 Å². The van der Waals surface area contributed by atoms with Crippen LogP contribution in [0, 0.1) is 0 Å². The van der Waals surface area contributed by atoms with E-state index in [-0.39, 0.29) is 5.91 Å². The molecule has 1 aliphatic rings. The molecule has 1 amide bonds. The zero-order valence-electron chi connectivity index (χ0n) is 11.3. The Bertz CT molecular complexity index is 579. The van der Waals surface area contributed by atoms with E-state index < -0.39 is 0 Å². The Morgan fingerprint density at radius 3 is 2.95 bits per heavy atom. The van der Waals surface area contributed by atoms with E-state index in [2.05, 4.69) is 28.9 Å². The Balaban J connectivity index is 1.48. The van der Waals surface area contributed by atoms with Gasteiger partial charge in [0.1, 0.15) is 0 Å². The standard InChI is InChI=1S/C16H18N2OS/c19-16(11-17-10-13-4-2-1-3-5-13)18-8-6-15-14(12-18)7-9-20-15/h1-5,7,9,17H,6,8,10-12H2. The highest BCUT2D eigenvalue weighted by Gasteiger charge is 2.20. The molecule has 1 aliphatic heterocycles. The van der Waals surface area contributed by atoms with Crippen LogP contribution < -0.4 is 5.32 Å². The fourth-order valence-corrected chi connectivity index (χ4v) is 3.37. The van der Waals surface area contributed by atoms with Gasteiger partial charge in [0.2, 0.25) is 5.91 Å². The molecule has 3 rings (SSSR count). The molecule has 0 atom stereocenters. The maximum Gasteiger partial charge on any atom is 0.236 e. The lowest BCUT2D eigenvalue weighted by Gasteiger charge is -2.27. The van der Waals surface area contributed by atoms with Crippen molar-refractivity contribution in [3.05, 3.63) is 57.8 Å². The van der Waals surface area contributed by atoms with Gasteiger partial charge < -0.3 is 10.2 Å². The topological polar surface area (TPSA) is 32.3 Å². The van der Waals surface area contributed by atoms with Crippen molar-refractivity contribution in [3.8, 4) is 0 Å². The van der Waals surface area contributed by atoms with E-state index in [4.69, 9.17) is 0 Å². The number of hydrogen-bond acceptors (Lipinski definition) is 3. The van der Waals surface area contributed by atoms with Crippen molar-refractivity contribution >= 4 is 17.2 Å². The van der Waals surface area contributed by atoms with E-state index in [1.807, 2.05) is 23.1 Å². The van der Waals surface area contributed by atoms with Gasteiger partial charge in [-0.15, -0.1) is 11.3 Å². The van der Waals surface area contributed by atoms with Gasteiger partial charge in [-0.3, -0.25) is 4.79 Å². The Morgan fingerprint density at radius 1 is 1.25 bits per heavy atom. The van der Waals surface area contributed by atoms with Crippen molar-refractivity contribution in [2.24, 2.45) is 0 Å². The molecule has 2 aromatic rings. The third-order valence-electron chi connectivity index (χ3n) is 3.61. The highest BCUT2D eigenvalue weighted by Crippen LogP contribution is 2.23. The average Bonchev–Trinajstić information content (AvgIpc) is 2.95. The normalized spacial score (nSPS) is 14.1. The fraction of sp³-hybridized carbons (Fsp3) is 0.312. The summed E-state index contributed by atoms with van der Waals surface area (Å²) in [5.41, 5.74) is 2.52. The van der Waals surface area contributed by atoms with E-state index in [0.29, 0.717) is 6.54 Å². The summed E-state index contributed by atoms with van der Waals surface area (Å²) in [6.07, 6.45) is 0.997. The minimum atomic E-state index is 0.192. The smallest absolute Gasteiger partial charge is 0.236 e. The number of amides is 1. The second-order valence-electron chi connectivity index (χ2n) is 5.02. The van der Waals surface area contributed by atoms with Crippen LogP contribution in [-0.4, -0.2) is 23.9 Å². The van der Waals surface area contributed by atoms with Crippen LogP contribution in [0.5, 0.6) is 0 Å². The third kappa shape index (κ3) is 3.08. The second-order valence-corrected chi connectivity index (χ2v) is 6.02. The van der Waals surface area contributed by atoms with Crippen LogP contribution in [0.4, 0.5) is 0 Å². The number of nitrogens with zero attached hydrogens (tertiary/aromatic N) is 1. The van der Waals surface area contributed by atoms with E-state index in [9.17, 15) is 4.79 Å². The number of rotatable bonds is 4. The Morgan fingerprint density at radius 2 is 2.10 bits per heavy atom. The van der Waals surface area contributed by atoms with Crippen molar-refractivity contribution < 1.29 is 4.79 Å². The largest absolute Gasteiger partial charge is 0.337 e. The van der Waals surface area contributed by atoms with Gasteiger partial charge in [-0.1, -0.05) is 30.3 Å². The Hall–Kier alpha value is -1.65. The summed E-state index contributed by atoms with van der Waals surface area (Å²) in [7, 11) is 0. The summed E-state index contributed by atoms with van der Waals surface area (Å²) in [5, 5.41) is 5.35. The maximum absolute atomic E-state index is 12.2. The molecule has 0 unspecified atom stereocenters. The lowest BCUT2D eigenvalue weighted by Crippen LogP contribution is -2.40. The molecule has 0 spiro atoms. The summed E-state index contributed by atoms with van der Waals surface area (Å²) >= 11 is 1.80. The van der Waals surface area contributed by atoms with Gasteiger partial charge in [-0.05, 0) is 29.0 Å². The van der Waals surface area contributed by atoms with Crippen molar-refractivity contribution in [3.63, 3.8) is 0 Å². The summed E-state index contributed by atoms with van der Waals surface area (Å²) < 4.78 is 0. The van der Waals surface area contributed by atoms with Gasteiger partial charge in [0.15, 0.2) is 0 Å². The van der Waals surface area contributed by atoms with Gasteiger partial charge in [-0.2, -0.15) is 0 Å². The predicted molar refractivity (Wildman–Crippen MR) is 81.6 cm³/mol. The van der Waals surface area contributed by atoms with Crippen molar-refractivity contribution in [2.45, 2.75) is 19.5 Å². The SMILES string of the molecule is O=C(CNCc1ccccc1)N1CCc2sccc2C1. The molecule has 3 nitrogen and oxygen atoms in total. The van der Waals surface area contributed by atoms with Crippen LogP contribution in [0.3, 0.4) is 0 Å². The number of nitrogens with one attached hydrogen (secondary N) is 1. The molecule has 104 valence electrons. The van der Waals surface area contributed by atoms with Crippen LogP contribution in [0.1, 0.15) is 16.0 Å². The quantitative estimate of drug-likeness (QED) is 0.936. The molecular formula is C16H18N2OS. The Labute approximate surface area is 123 Å². The molecule has 0 saturated heterocycles. The van der Waals surface area contributed by atoms with Crippen molar-refractivity contribution in [1.82, 2.24) is 10.2 Å². The van der Waals surface area contributed by atoms with Gasteiger partial charge in [0, 0.05) is 24.5 Å².